The van der Waals surface area contributed by atoms with Crippen molar-refractivity contribution in [1.29, 1.82) is 0 Å². The minimum absolute atomic E-state index is 0.0898. The Morgan fingerprint density at radius 2 is 1.62 bits per heavy atom. The number of rotatable bonds is 7. The highest BCUT2D eigenvalue weighted by atomic mass is 19.1. The third-order valence-corrected chi connectivity index (χ3v) is 5.82. The lowest BCUT2D eigenvalue weighted by Gasteiger charge is -2.25. The van der Waals surface area contributed by atoms with Crippen LogP contribution in [0.4, 0.5) is 4.39 Å². The van der Waals surface area contributed by atoms with Gasteiger partial charge in [-0.25, -0.2) is 4.39 Å². The summed E-state index contributed by atoms with van der Waals surface area (Å²) in [6, 6.07) is 13.1. The molecule has 2 aromatic carbocycles. The van der Waals surface area contributed by atoms with E-state index >= 15 is 0 Å². The number of ether oxygens (including phenoxy) is 1. The van der Waals surface area contributed by atoms with E-state index in [1.165, 1.54) is 17.0 Å². The van der Waals surface area contributed by atoms with Crippen molar-refractivity contribution >= 4 is 17.8 Å². The lowest BCUT2D eigenvalue weighted by molar-refractivity contribution is -0.157. The summed E-state index contributed by atoms with van der Waals surface area (Å²) in [5.41, 5.74) is 2.05. The molecule has 0 N–H and O–H groups in total. The number of halogens is 1. The number of hydrogen-bond donors (Lipinski definition) is 0. The molecule has 0 bridgehead atoms. The zero-order valence-electron chi connectivity index (χ0n) is 19.6. The van der Waals surface area contributed by atoms with Gasteiger partial charge in [0.2, 0.25) is 0 Å². The molecule has 34 heavy (non-hydrogen) atoms. The molecule has 0 unspecified atom stereocenters. The molecule has 2 heterocycles. The van der Waals surface area contributed by atoms with Gasteiger partial charge in [0.25, 0.3) is 11.8 Å². The van der Waals surface area contributed by atoms with Crippen molar-refractivity contribution in [2.75, 3.05) is 19.9 Å². The molecule has 0 aromatic heterocycles. The molecule has 4 rings (SSSR count). The van der Waals surface area contributed by atoms with Crippen molar-refractivity contribution in [3.8, 4) is 0 Å². The largest absolute Gasteiger partial charge is 0.444 e. The molecule has 8 heteroatoms. The van der Waals surface area contributed by atoms with Crippen LogP contribution < -0.4 is 0 Å². The topological polar surface area (TPSA) is 70.2 Å². The van der Waals surface area contributed by atoms with E-state index in [1.807, 2.05) is 11.1 Å². The fourth-order valence-electron chi connectivity index (χ4n) is 3.93. The van der Waals surface area contributed by atoms with Crippen molar-refractivity contribution in [1.82, 2.24) is 14.7 Å². The summed E-state index contributed by atoms with van der Waals surface area (Å²) in [6.07, 6.45) is 2.33. The third kappa shape index (κ3) is 4.95. The minimum atomic E-state index is -0.606. The molecule has 2 aromatic rings. The van der Waals surface area contributed by atoms with Gasteiger partial charge in [-0.05, 0) is 50.6 Å². The number of esters is 1. The SMILES string of the molecule is CC(C)(C)C(=O)OCN1C=C(CCN2C(=O)c3ccccc3C2=O)N(Cc2ccc(F)cc2)C1. The molecule has 2 amide bonds. The maximum absolute atomic E-state index is 13.3. The summed E-state index contributed by atoms with van der Waals surface area (Å²) in [6.45, 7) is 6.68. The highest BCUT2D eigenvalue weighted by molar-refractivity contribution is 6.21. The van der Waals surface area contributed by atoms with Crippen molar-refractivity contribution in [3.05, 3.63) is 82.9 Å². The molecular formula is C26H28FN3O4. The van der Waals surface area contributed by atoms with Gasteiger partial charge >= 0.3 is 5.97 Å². The van der Waals surface area contributed by atoms with Crippen LogP contribution in [0.3, 0.4) is 0 Å². The van der Waals surface area contributed by atoms with E-state index in [9.17, 15) is 18.8 Å². The van der Waals surface area contributed by atoms with Crippen LogP contribution in [-0.2, 0) is 16.1 Å². The second-order valence-electron chi connectivity index (χ2n) is 9.54. The summed E-state index contributed by atoms with van der Waals surface area (Å²) < 4.78 is 18.8. The number of carbonyl (C=O) groups is 3. The lowest BCUT2D eigenvalue weighted by atomic mass is 9.98. The number of imide groups is 1. The number of carbonyl (C=O) groups excluding carboxylic acids is 3. The first-order valence-corrected chi connectivity index (χ1v) is 11.2. The van der Waals surface area contributed by atoms with Gasteiger partial charge in [0.05, 0.1) is 23.2 Å². The van der Waals surface area contributed by atoms with E-state index in [1.54, 1.807) is 57.2 Å². The molecule has 0 atom stereocenters. The number of hydrogen-bond acceptors (Lipinski definition) is 6. The van der Waals surface area contributed by atoms with Gasteiger partial charge in [0.1, 0.15) is 5.82 Å². The molecule has 178 valence electrons. The molecule has 0 radical (unpaired) electrons. The predicted molar refractivity (Wildman–Crippen MR) is 124 cm³/mol. The van der Waals surface area contributed by atoms with Gasteiger partial charge in [-0.1, -0.05) is 24.3 Å². The maximum atomic E-state index is 13.3. The Hall–Kier alpha value is -3.68. The molecule has 7 nitrogen and oxygen atoms in total. The van der Waals surface area contributed by atoms with Crippen LogP contribution >= 0.6 is 0 Å². The Kier molecular flexibility index (Phi) is 6.41. The van der Waals surface area contributed by atoms with Gasteiger partial charge < -0.3 is 14.5 Å². The number of benzene rings is 2. The van der Waals surface area contributed by atoms with Crippen LogP contribution in [0.25, 0.3) is 0 Å². The van der Waals surface area contributed by atoms with Crippen LogP contribution in [0.2, 0.25) is 0 Å². The predicted octanol–water partition coefficient (Wildman–Crippen LogP) is 3.98. The average Bonchev–Trinajstić information content (AvgIpc) is 3.29. The molecule has 2 aliphatic rings. The van der Waals surface area contributed by atoms with E-state index in [0.717, 1.165) is 11.3 Å². The van der Waals surface area contributed by atoms with E-state index in [-0.39, 0.29) is 36.9 Å². The van der Waals surface area contributed by atoms with E-state index in [4.69, 9.17) is 4.74 Å². The molecule has 0 saturated carbocycles. The third-order valence-electron chi connectivity index (χ3n) is 5.82. The zero-order chi connectivity index (χ0) is 24.5. The minimum Gasteiger partial charge on any atom is -0.444 e. The second-order valence-corrected chi connectivity index (χ2v) is 9.54. The van der Waals surface area contributed by atoms with Gasteiger partial charge in [-0.3, -0.25) is 19.3 Å². The zero-order valence-corrected chi connectivity index (χ0v) is 19.6. The van der Waals surface area contributed by atoms with Gasteiger partial charge in [0.15, 0.2) is 6.73 Å². The van der Waals surface area contributed by atoms with Crippen LogP contribution in [-0.4, -0.2) is 52.4 Å². The molecule has 0 fully saturated rings. The fraction of sp³-hybridized carbons (Fsp3) is 0.346. The van der Waals surface area contributed by atoms with Crippen molar-refractivity contribution in [2.24, 2.45) is 5.41 Å². The molecule has 2 aliphatic heterocycles. The monoisotopic (exact) mass is 465 g/mol. The Morgan fingerprint density at radius 3 is 2.21 bits per heavy atom. The summed E-state index contributed by atoms with van der Waals surface area (Å²) in [5, 5.41) is 0. The first kappa shape index (κ1) is 23.5. The number of amides is 2. The Morgan fingerprint density at radius 1 is 1.00 bits per heavy atom. The Labute approximate surface area is 198 Å². The normalized spacial score (nSPS) is 15.6. The van der Waals surface area contributed by atoms with E-state index in [0.29, 0.717) is 30.8 Å². The lowest BCUT2D eigenvalue weighted by Crippen LogP contribution is -2.33. The fourth-order valence-corrected chi connectivity index (χ4v) is 3.93. The highest BCUT2D eigenvalue weighted by Gasteiger charge is 2.35. The molecule has 0 aliphatic carbocycles. The van der Waals surface area contributed by atoms with E-state index in [2.05, 4.69) is 4.90 Å². The average molecular weight is 466 g/mol. The molecular weight excluding hydrogens is 437 g/mol. The summed E-state index contributed by atoms with van der Waals surface area (Å²) in [7, 11) is 0. The van der Waals surface area contributed by atoms with Gasteiger partial charge in [-0.2, -0.15) is 0 Å². The quantitative estimate of drug-likeness (QED) is 0.455. The first-order chi connectivity index (χ1) is 16.1. The van der Waals surface area contributed by atoms with Crippen molar-refractivity contribution in [3.63, 3.8) is 0 Å². The number of nitrogens with zero attached hydrogens (tertiary/aromatic N) is 3. The van der Waals surface area contributed by atoms with Crippen molar-refractivity contribution in [2.45, 2.75) is 33.7 Å². The smallest absolute Gasteiger partial charge is 0.312 e. The maximum Gasteiger partial charge on any atom is 0.312 e. The van der Waals surface area contributed by atoms with Crippen LogP contribution in [0.5, 0.6) is 0 Å². The Bertz CT molecular complexity index is 1100. The van der Waals surface area contributed by atoms with Crippen LogP contribution in [0.15, 0.2) is 60.4 Å². The van der Waals surface area contributed by atoms with E-state index < -0.39 is 5.41 Å². The van der Waals surface area contributed by atoms with Crippen LogP contribution in [0.1, 0.15) is 53.5 Å². The Balaban J connectivity index is 1.46. The highest BCUT2D eigenvalue weighted by Crippen LogP contribution is 2.27. The van der Waals surface area contributed by atoms with Gasteiger partial charge in [-0.15, -0.1) is 0 Å². The van der Waals surface area contributed by atoms with Crippen LogP contribution in [0, 0.1) is 11.2 Å². The summed E-state index contributed by atoms with van der Waals surface area (Å²) in [4.78, 5) is 42.8. The molecule has 0 saturated heterocycles. The first-order valence-electron chi connectivity index (χ1n) is 11.2. The summed E-state index contributed by atoms with van der Waals surface area (Å²) in [5.74, 6) is -1.19. The number of fused-ring (bicyclic) bond motifs is 1. The standard InChI is InChI=1S/C26H28FN3O4/c1-26(2,3)25(33)34-17-28-15-20(29(16-28)14-18-8-10-19(27)11-9-18)12-13-30-23(31)21-6-4-5-7-22(21)24(30)32/h4-11,15H,12-14,16-17H2,1-3H3. The second kappa shape index (κ2) is 9.29. The summed E-state index contributed by atoms with van der Waals surface area (Å²) >= 11 is 0. The van der Waals surface area contributed by atoms with Gasteiger partial charge in [0, 0.05) is 31.4 Å². The van der Waals surface area contributed by atoms with Crippen molar-refractivity contribution < 1.29 is 23.5 Å². The molecule has 0 spiro atoms.